The molecule has 112 valence electrons. The van der Waals surface area contributed by atoms with Crippen molar-refractivity contribution in [2.45, 2.75) is 58.5 Å². The summed E-state index contributed by atoms with van der Waals surface area (Å²) < 4.78 is 5.65. The van der Waals surface area contributed by atoms with Crippen molar-refractivity contribution in [3.8, 4) is 0 Å². The van der Waals surface area contributed by atoms with E-state index < -0.39 is 12.0 Å². The van der Waals surface area contributed by atoms with Crippen molar-refractivity contribution in [2.24, 2.45) is 5.92 Å². The number of carbonyl (C=O) groups is 1. The monoisotopic (exact) mass is 281 g/mol. The Morgan fingerprint density at radius 1 is 1.45 bits per heavy atom. The van der Waals surface area contributed by atoms with Gasteiger partial charge in [-0.2, -0.15) is 0 Å². The lowest BCUT2D eigenvalue weighted by Crippen LogP contribution is -2.46. The second-order valence-corrected chi connectivity index (χ2v) is 6.71. The van der Waals surface area contributed by atoms with E-state index in [1.54, 1.807) is 0 Å². The van der Waals surface area contributed by atoms with Gasteiger partial charge in [0.05, 0.1) is 6.54 Å². The fraction of sp³-hybridized carbons (Fsp3) is 0.786. The molecule has 2 atom stereocenters. The third kappa shape index (κ3) is 3.36. The van der Waals surface area contributed by atoms with Crippen LogP contribution in [0.5, 0.6) is 0 Å². The molecule has 0 aliphatic carbocycles. The molecule has 1 aliphatic rings. The minimum Gasteiger partial charge on any atom is -0.480 e. The van der Waals surface area contributed by atoms with Crippen LogP contribution in [-0.2, 0) is 16.8 Å². The van der Waals surface area contributed by atoms with E-state index in [1.807, 2.05) is 25.7 Å². The van der Waals surface area contributed by atoms with Crippen LogP contribution in [0.15, 0.2) is 4.42 Å². The zero-order valence-electron chi connectivity index (χ0n) is 12.6. The summed E-state index contributed by atoms with van der Waals surface area (Å²) in [6.07, 6.45) is 1.68. The molecule has 2 heterocycles. The van der Waals surface area contributed by atoms with Gasteiger partial charge in [0.25, 0.3) is 0 Å². The molecular formula is C14H23N3O3. The van der Waals surface area contributed by atoms with E-state index in [2.05, 4.69) is 17.1 Å². The first kappa shape index (κ1) is 15.0. The number of nitrogens with zero attached hydrogens (tertiary/aromatic N) is 3. The van der Waals surface area contributed by atoms with Crippen LogP contribution in [0.1, 0.15) is 52.3 Å². The maximum Gasteiger partial charge on any atom is 0.320 e. The Morgan fingerprint density at radius 2 is 2.15 bits per heavy atom. The highest BCUT2D eigenvalue weighted by atomic mass is 16.4. The molecule has 1 aromatic heterocycles. The van der Waals surface area contributed by atoms with Crippen LogP contribution >= 0.6 is 0 Å². The summed E-state index contributed by atoms with van der Waals surface area (Å²) in [5.41, 5.74) is -0.187. The normalized spacial score (nSPS) is 24.8. The van der Waals surface area contributed by atoms with E-state index in [0.29, 0.717) is 30.7 Å². The van der Waals surface area contributed by atoms with Crippen molar-refractivity contribution in [3.63, 3.8) is 0 Å². The van der Waals surface area contributed by atoms with Crippen molar-refractivity contribution >= 4 is 5.97 Å². The highest BCUT2D eigenvalue weighted by Crippen LogP contribution is 2.25. The Kier molecular flexibility index (Phi) is 4.13. The molecule has 1 saturated heterocycles. The number of hydrogen-bond acceptors (Lipinski definition) is 5. The lowest BCUT2D eigenvalue weighted by Gasteiger charge is -2.34. The maximum atomic E-state index is 11.4. The number of aromatic nitrogens is 2. The number of aliphatic carboxylic acids is 1. The lowest BCUT2D eigenvalue weighted by atomic mass is 9.92. The van der Waals surface area contributed by atoms with E-state index in [4.69, 9.17) is 4.42 Å². The largest absolute Gasteiger partial charge is 0.480 e. The van der Waals surface area contributed by atoms with Gasteiger partial charge in [0.2, 0.25) is 11.8 Å². The molecule has 1 N–H and O–H groups in total. The Hall–Kier alpha value is -1.43. The highest BCUT2D eigenvalue weighted by molar-refractivity contribution is 5.73. The molecule has 1 aliphatic heterocycles. The van der Waals surface area contributed by atoms with Crippen molar-refractivity contribution in [2.75, 3.05) is 6.54 Å². The molecule has 0 spiro atoms. The zero-order chi connectivity index (χ0) is 14.9. The SMILES string of the molecule is CC1CCN(Cc2nnc(C(C)(C)C)o2)C(C(=O)O)C1. The zero-order valence-corrected chi connectivity index (χ0v) is 12.6. The van der Waals surface area contributed by atoms with Crippen LogP contribution in [0.2, 0.25) is 0 Å². The van der Waals surface area contributed by atoms with Crippen LogP contribution in [0, 0.1) is 5.92 Å². The van der Waals surface area contributed by atoms with Crippen LogP contribution in [0.4, 0.5) is 0 Å². The molecule has 0 radical (unpaired) electrons. The third-order valence-corrected chi connectivity index (χ3v) is 3.71. The molecule has 1 fully saturated rings. The molecule has 0 bridgehead atoms. The van der Waals surface area contributed by atoms with Gasteiger partial charge in [-0.15, -0.1) is 10.2 Å². The predicted octanol–water partition coefficient (Wildman–Crippen LogP) is 2.05. The van der Waals surface area contributed by atoms with Crippen molar-refractivity contribution in [1.29, 1.82) is 0 Å². The van der Waals surface area contributed by atoms with Crippen LogP contribution in [-0.4, -0.2) is 38.8 Å². The van der Waals surface area contributed by atoms with Gasteiger partial charge in [0.1, 0.15) is 6.04 Å². The van der Waals surface area contributed by atoms with Gasteiger partial charge in [0, 0.05) is 5.41 Å². The Balaban J connectivity index is 2.08. The van der Waals surface area contributed by atoms with E-state index in [-0.39, 0.29) is 5.41 Å². The molecule has 0 amide bonds. The van der Waals surface area contributed by atoms with Gasteiger partial charge < -0.3 is 9.52 Å². The van der Waals surface area contributed by atoms with E-state index >= 15 is 0 Å². The van der Waals surface area contributed by atoms with Crippen LogP contribution in [0.25, 0.3) is 0 Å². The van der Waals surface area contributed by atoms with Crippen molar-refractivity contribution in [1.82, 2.24) is 15.1 Å². The number of carboxylic acids is 1. The quantitative estimate of drug-likeness (QED) is 0.913. The topological polar surface area (TPSA) is 79.5 Å². The Bertz CT molecular complexity index is 478. The third-order valence-electron chi connectivity index (χ3n) is 3.71. The first-order valence-corrected chi connectivity index (χ1v) is 7.07. The number of rotatable bonds is 3. The lowest BCUT2D eigenvalue weighted by molar-refractivity contribution is -0.145. The summed E-state index contributed by atoms with van der Waals surface area (Å²) in [6, 6.07) is -0.455. The molecule has 0 saturated carbocycles. The Morgan fingerprint density at radius 3 is 2.70 bits per heavy atom. The summed E-state index contributed by atoms with van der Waals surface area (Å²) >= 11 is 0. The average molecular weight is 281 g/mol. The molecule has 2 unspecified atom stereocenters. The highest BCUT2D eigenvalue weighted by Gasteiger charge is 2.33. The van der Waals surface area contributed by atoms with Crippen molar-refractivity contribution in [3.05, 3.63) is 11.8 Å². The summed E-state index contributed by atoms with van der Waals surface area (Å²) in [5, 5.41) is 17.4. The van der Waals surface area contributed by atoms with Gasteiger partial charge in [-0.1, -0.05) is 27.7 Å². The van der Waals surface area contributed by atoms with Crippen molar-refractivity contribution < 1.29 is 14.3 Å². The van der Waals surface area contributed by atoms with Gasteiger partial charge in [-0.25, -0.2) is 0 Å². The second kappa shape index (κ2) is 5.52. The first-order valence-electron chi connectivity index (χ1n) is 7.07. The standard InChI is InChI=1S/C14H23N3O3/c1-9-5-6-17(10(7-9)12(18)19)8-11-15-16-13(20-11)14(2,3)4/h9-10H,5-8H2,1-4H3,(H,18,19). The van der Waals surface area contributed by atoms with E-state index in [1.165, 1.54) is 0 Å². The molecule has 0 aromatic carbocycles. The smallest absolute Gasteiger partial charge is 0.320 e. The summed E-state index contributed by atoms with van der Waals surface area (Å²) in [4.78, 5) is 13.3. The van der Waals surface area contributed by atoms with Gasteiger partial charge in [-0.05, 0) is 25.3 Å². The molecule has 1 aromatic rings. The molecular weight excluding hydrogens is 258 g/mol. The maximum absolute atomic E-state index is 11.4. The first-order chi connectivity index (χ1) is 9.27. The van der Waals surface area contributed by atoms with E-state index in [9.17, 15) is 9.90 Å². The minimum atomic E-state index is -0.771. The summed E-state index contributed by atoms with van der Waals surface area (Å²) in [6.45, 7) is 9.28. The number of carboxylic acid groups (broad SMARTS) is 1. The molecule has 6 nitrogen and oxygen atoms in total. The van der Waals surface area contributed by atoms with Crippen LogP contribution < -0.4 is 0 Å². The number of hydrogen-bond donors (Lipinski definition) is 1. The average Bonchev–Trinajstić information content (AvgIpc) is 2.79. The van der Waals surface area contributed by atoms with E-state index in [0.717, 1.165) is 13.0 Å². The number of likely N-dealkylation sites (tertiary alicyclic amines) is 1. The second-order valence-electron chi connectivity index (χ2n) is 6.71. The summed E-state index contributed by atoms with van der Waals surface area (Å²) in [5.74, 6) is 0.757. The van der Waals surface area contributed by atoms with Crippen LogP contribution in [0.3, 0.4) is 0 Å². The molecule has 6 heteroatoms. The summed E-state index contributed by atoms with van der Waals surface area (Å²) in [7, 11) is 0. The molecule has 20 heavy (non-hydrogen) atoms. The molecule has 2 rings (SSSR count). The van der Waals surface area contributed by atoms with Gasteiger partial charge in [-0.3, -0.25) is 9.69 Å². The fourth-order valence-electron chi connectivity index (χ4n) is 2.43. The minimum absolute atomic E-state index is 0.187. The van der Waals surface area contributed by atoms with Gasteiger partial charge in [0.15, 0.2) is 0 Å². The fourth-order valence-corrected chi connectivity index (χ4v) is 2.43. The van der Waals surface area contributed by atoms with Gasteiger partial charge >= 0.3 is 5.97 Å². The predicted molar refractivity (Wildman–Crippen MR) is 73.2 cm³/mol. The number of piperidine rings is 1. The Labute approximate surface area is 119 Å².